The third kappa shape index (κ3) is 3.50. The second-order valence-electron chi connectivity index (χ2n) is 6.13. The second-order valence-corrected chi connectivity index (χ2v) is 7.56. The number of hydrogen-bond acceptors (Lipinski definition) is 5. The van der Waals surface area contributed by atoms with Gasteiger partial charge in [-0.05, 0) is 18.2 Å². The minimum absolute atomic E-state index is 0.0222. The van der Waals surface area contributed by atoms with E-state index in [1.54, 1.807) is 6.26 Å². The van der Waals surface area contributed by atoms with Crippen LogP contribution in [0.3, 0.4) is 0 Å². The second kappa shape index (κ2) is 7.80. The van der Waals surface area contributed by atoms with Gasteiger partial charge in [0.2, 0.25) is 0 Å². The molecule has 1 N–H and O–H groups in total. The van der Waals surface area contributed by atoms with Gasteiger partial charge in [0, 0.05) is 29.7 Å². The van der Waals surface area contributed by atoms with E-state index in [0.717, 1.165) is 28.9 Å². The highest BCUT2D eigenvalue weighted by atomic mass is 35.5. The first-order valence-electron chi connectivity index (χ1n) is 8.54. The quantitative estimate of drug-likeness (QED) is 0.716. The van der Waals surface area contributed by atoms with Crippen molar-refractivity contribution in [3.63, 3.8) is 0 Å². The van der Waals surface area contributed by atoms with Crippen molar-refractivity contribution in [1.29, 1.82) is 0 Å². The van der Waals surface area contributed by atoms with E-state index in [1.807, 2.05) is 36.4 Å². The Morgan fingerprint density at radius 2 is 2.04 bits per heavy atom. The van der Waals surface area contributed by atoms with Crippen molar-refractivity contribution in [3.8, 4) is 0 Å². The van der Waals surface area contributed by atoms with Gasteiger partial charge in [0.05, 0.1) is 30.5 Å². The third-order valence-corrected chi connectivity index (χ3v) is 6.23. The fraction of sp³-hybridized carbons (Fsp3) is 0.316. The standard InChI is InChI=1S/C19H19ClN2O3S/c20-17-13-4-1-2-6-16(13)26-18(17)19(23)21-12-14(15-5-3-9-25-15)22-7-10-24-11-8-22/h1-6,9,14H,7-8,10-12H2,(H,21,23)/t14-/m0/s1. The number of benzene rings is 1. The summed E-state index contributed by atoms with van der Waals surface area (Å²) >= 11 is 7.84. The van der Waals surface area contributed by atoms with Crippen LogP contribution in [-0.2, 0) is 4.74 Å². The van der Waals surface area contributed by atoms with E-state index in [-0.39, 0.29) is 11.9 Å². The third-order valence-electron chi connectivity index (χ3n) is 4.56. The fourth-order valence-corrected chi connectivity index (χ4v) is 4.64. The topological polar surface area (TPSA) is 54.7 Å². The molecule has 4 rings (SSSR count). The van der Waals surface area contributed by atoms with E-state index < -0.39 is 0 Å². The molecule has 0 saturated carbocycles. The number of morpholine rings is 1. The predicted octanol–water partition coefficient (Wildman–Crippen LogP) is 3.95. The molecule has 3 aromatic rings. The first kappa shape index (κ1) is 17.5. The molecule has 1 aromatic carbocycles. The maximum absolute atomic E-state index is 12.7. The smallest absolute Gasteiger partial charge is 0.263 e. The van der Waals surface area contributed by atoms with E-state index in [0.29, 0.717) is 29.7 Å². The van der Waals surface area contributed by atoms with Crippen molar-refractivity contribution in [2.45, 2.75) is 6.04 Å². The van der Waals surface area contributed by atoms with Gasteiger partial charge in [0.25, 0.3) is 5.91 Å². The molecule has 0 unspecified atom stereocenters. The summed E-state index contributed by atoms with van der Waals surface area (Å²) in [5.74, 6) is 0.690. The molecule has 0 radical (unpaired) electrons. The van der Waals surface area contributed by atoms with E-state index in [4.69, 9.17) is 20.8 Å². The average molecular weight is 391 g/mol. The van der Waals surface area contributed by atoms with Gasteiger partial charge in [-0.1, -0.05) is 29.8 Å². The Kier molecular flexibility index (Phi) is 5.26. The van der Waals surface area contributed by atoms with Crippen molar-refractivity contribution in [1.82, 2.24) is 10.2 Å². The van der Waals surface area contributed by atoms with Gasteiger partial charge in [-0.3, -0.25) is 9.69 Å². The Labute approximate surface area is 160 Å². The molecule has 26 heavy (non-hydrogen) atoms. The SMILES string of the molecule is O=C(NC[C@@H](c1ccco1)N1CCOCC1)c1sc2ccccc2c1Cl. The van der Waals surface area contributed by atoms with E-state index >= 15 is 0 Å². The van der Waals surface area contributed by atoms with Gasteiger partial charge in [-0.25, -0.2) is 0 Å². The average Bonchev–Trinajstić information content (AvgIpc) is 3.32. The summed E-state index contributed by atoms with van der Waals surface area (Å²) in [6.07, 6.45) is 1.66. The van der Waals surface area contributed by atoms with Crippen LogP contribution in [0.2, 0.25) is 5.02 Å². The largest absolute Gasteiger partial charge is 0.468 e. The highest BCUT2D eigenvalue weighted by molar-refractivity contribution is 7.21. The number of furan rings is 1. The summed E-state index contributed by atoms with van der Waals surface area (Å²) in [6, 6.07) is 11.6. The zero-order chi connectivity index (χ0) is 17.9. The molecule has 5 nitrogen and oxygen atoms in total. The number of fused-ring (bicyclic) bond motifs is 1. The minimum Gasteiger partial charge on any atom is -0.468 e. The molecular formula is C19H19ClN2O3S. The zero-order valence-corrected chi connectivity index (χ0v) is 15.7. The molecule has 136 valence electrons. The normalized spacial score (nSPS) is 16.7. The molecule has 0 bridgehead atoms. The predicted molar refractivity (Wildman–Crippen MR) is 103 cm³/mol. The number of nitrogens with one attached hydrogen (secondary N) is 1. The van der Waals surface area contributed by atoms with E-state index in [2.05, 4.69) is 10.2 Å². The summed E-state index contributed by atoms with van der Waals surface area (Å²) in [7, 11) is 0. The van der Waals surface area contributed by atoms with Crippen LogP contribution in [0.15, 0.2) is 47.1 Å². The number of ether oxygens (including phenoxy) is 1. The Balaban J connectivity index is 1.51. The number of amides is 1. The van der Waals surface area contributed by atoms with Gasteiger partial charge in [0.15, 0.2) is 0 Å². The van der Waals surface area contributed by atoms with Crippen LogP contribution in [0, 0.1) is 0 Å². The number of nitrogens with zero attached hydrogens (tertiary/aromatic N) is 1. The number of halogens is 1. The molecule has 1 saturated heterocycles. The maximum Gasteiger partial charge on any atom is 0.263 e. The lowest BCUT2D eigenvalue weighted by atomic mass is 10.1. The lowest BCUT2D eigenvalue weighted by Gasteiger charge is -2.33. The Bertz CT molecular complexity index is 887. The lowest BCUT2D eigenvalue weighted by molar-refractivity contribution is 0.0118. The van der Waals surface area contributed by atoms with Crippen molar-refractivity contribution >= 4 is 38.9 Å². The summed E-state index contributed by atoms with van der Waals surface area (Å²) in [5.41, 5.74) is 0. The summed E-state index contributed by atoms with van der Waals surface area (Å²) in [6.45, 7) is 3.45. The first-order chi connectivity index (χ1) is 12.7. The number of carbonyl (C=O) groups is 1. The molecule has 0 spiro atoms. The van der Waals surface area contributed by atoms with Crippen LogP contribution in [0.4, 0.5) is 0 Å². The highest BCUT2D eigenvalue weighted by Gasteiger charge is 2.26. The van der Waals surface area contributed by atoms with E-state index in [9.17, 15) is 4.79 Å². The van der Waals surface area contributed by atoms with Crippen LogP contribution in [0.25, 0.3) is 10.1 Å². The van der Waals surface area contributed by atoms with Crippen molar-refractivity contribution in [2.24, 2.45) is 0 Å². The van der Waals surface area contributed by atoms with Crippen LogP contribution in [-0.4, -0.2) is 43.7 Å². The highest BCUT2D eigenvalue weighted by Crippen LogP contribution is 2.35. The van der Waals surface area contributed by atoms with Crippen LogP contribution in [0.5, 0.6) is 0 Å². The van der Waals surface area contributed by atoms with Crippen molar-refractivity contribution in [3.05, 3.63) is 58.3 Å². The fourth-order valence-electron chi connectivity index (χ4n) is 3.21. The van der Waals surface area contributed by atoms with Gasteiger partial charge in [0.1, 0.15) is 10.6 Å². The molecule has 7 heteroatoms. The van der Waals surface area contributed by atoms with Crippen LogP contribution in [0.1, 0.15) is 21.5 Å². The molecule has 1 fully saturated rings. The van der Waals surface area contributed by atoms with Gasteiger partial charge < -0.3 is 14.5 Å². The summed E-state index contributed by atoms with van der Waals surface area (Å²) < 4.78 is 12.0. The number of thiophene rings is 1. The summed E-state index contributed by atoms with van der Waals surface area (Å²) in [4.78, 5) is 15.6. The molecule has 2 aromatic heterocycles. The monoisotopic (exact) mass is 390 g/mol. The first-order valence-corrected chi connectivity index (χ1v) is 9.74. The molecule has 1 amide bonds. The summed E-state index contributed by atoms with van der Waals surface area (Å²) in [5, 5.41) is 4.47. The number of hydrogen-bond donors (Lipinski definition) is 1. The van der Waals surface area contributed by atoms with Crippen molar-refractivity contribution in [2.75, 3.05) is 32.8 Å². The Hall–Kier alpha value is -1.86. The lowest BCUT2D eigenvalue weighted by Crippen LogP contribution is -2.43. The van der Waals surface area contributed by atoms with Gasteiger partial charge >= 0.3 is 0 Å². The molecule has 1 aliphatic heterocycles. The van der Waals surface area contributed by atoms with Gasteiger partial charge in [-0.2, -0.15) is 0 Å². The number of rotatable bonds is 5. The van der Waals surface area contributed by atoms with Crippen LogP contribution >= 0.6 is 22.9 Å². The maximum atomic E-state index is 12.7. The zero-order valence-electron chi connectivity index (χ0n) is 14.1. The molecule has 3 heterocycles. The molecule has 0 aliphatic carbocycles. The number of carbonyl (C=O) groups excluding carboxylic acids is 1. The molecular weight excluding hydrogens is 372 g/mol. The van der Waals surface area contributed by atoms with Crippen LogP contribution < -0.4 is 5.32 Å². The van der Waals surface area contributed by atoms with Crippen molar-refractivity contribution < 1.29 is 13.9 Å². The molecule has 1 aliphatic rings. The Morgan fingerprint density at radius 1 is 1.23 bits per heavy atom. The Morgan fingerprint density at radius 3 is 2.77 bits per heavy atom. The minimum atomic E-state index is -0.152. The molecule has 1 atom stereocenters. The van der Waals surface area contributed by atoms with Gasteiger partial charge in [-0.15, -0.1) is 11.3 Å². The van der Waals surface area contributed by atoms with E-state index in [1.165, 1.54) is 11.3 Å².